The van der Waals surface area contributed by atoms with Gasteiger partial charge < -0.3 is 4.90 Å². The summed E-state index contributed by atoms with van der Waals surface area (Å²) in [5.41, 5.74) is 1.38. The van der Waals surface area contributed by atoms with Gasteiger partial charge in [-0.3, -0.25) is 10.1 Å². The Labute approximate surface area is 125 Å². The summed E-state index contributed by atoms with van der Waals surface area (Å²) in [6.45, 7) is 3.13. The van der Waals surface area contributed by atoms with Crippen molar-refractivity contribution in [2.75, 3.05) is 18.2 Å². The molecule has 0 radical (unpaired) electrons. The zero-order valence-electron chi connectivity index (χ0n) is 11.9. The average Bonchev–Trinajstić information content (AvgIpc) is 3.11. The molecule has 0 aliphatic carbocycles. The van der Waals surface area contributed by atoms with Gasteiger partial charge in [-0.15, -0.1) is 11.8 Å². The molecule has 1 amide bonds. The average molecular weight is 290 g/mol. The summed E-state index contributed by atoms with van der Waals surface area (Å²) in [5, 5.41) is 3.29. The van der Waals surface area contributed by atoms with Crippen molar-refractivity contribution in [1.29, 1.82) is 0 Å². The lowest BCUT2D eigenvalue weighted by Crippen LogP contribution is -2.47. The van der Waals surface area contributed by atoms with Crippen molar-refractivity contribution in [3.63, 3.8) is 0 Å². The molecular weight excluding hydrogens is 268 g/mol. The highest BCUT2D eigenvalue weighted by Crippen LogP contribution is 2.28. The molecule has 1 aromatic rings. The molecule has 4 heteroatoms. The lowest BCUT2D eigenvalue weighted by atomic mass is 9.93. The molecule has 3 nitrogen and oxygen atoms in total. The van der Waals surface area contributed by atoms with E-state index in [9.17, 15) is 4.79 Å². The molecule has 2 fully saturated rings. The number of thioether (sulfide) groups is 1. The number of rotatable bonds is 3. The molecule has 2 heterocycles. The van der Waals surface area contributed by atoms with Crippen LogP contribution in [0.2, 0.25) is 0 Å². The minimum Gasteiger partial charge on any atom is -0.338 e. The predicted octanol–water partition coefficient (Wildman–Crippen LogP) is 2.13. The molecule has 3 atom stereocenters. The van der Waals surface area contributed by atoms with Crippen LogP contribution in [-0.2, 0) is 11.2 Å². The molecule has 20 heavy (non-hydrogen) atoms. The van der Waals surface area contributed by atoms with Gasteiger partial charge in [-0.25, -0.2) is 0 Å². The van der Waals surface area contributed by atoms with Crippen molar-refractivity contribution in [3.8, 4) is 0 Å². The highest BCUT2D eigenvalue weighted by molar-refractivity contribution is 7.99. The first-order valence-corrected chi connectivity index (χ1v) is 8.56. The number of amides is 1. The molecule has 108 valence electrons. The van der Waals surface area contributed by atoms with E-state index >= 15 is 0 Å². The Morgan fingerprint density at radius 1 is 1.40 bits per heavy atom. The largest absolute Gasteiger partial charge is 0.338 e. The van der Waals surface area contributed by atoms with E-state index in [1.54, 1.807) is 0 Å². The van der Waals surface area contributed by atoms with Crippen molar-refractivity contribution in [1.82, 2.24) is 10.2 Å². The van der Waals surface area contributed by atoms with Crippen LogP contribution in [-0.4, -0.2) is 41.1 Å². The molecule has 1 N–H and O–H groups in total. The quantitative estimate of drug-likeness (QED) is 0.925. The summed E-state index contributed by atoms with van der Waals surface area (Å²) >= 11 is 1.82. The number of nitrogens with one attached hydrogen (secondary N) is 1. The topological polar surface area (TPSA) is 32.3 Å². The summed E-state index contributed by atoms with van der Waals surface area (Å²) in [4.78, 5) is 14.6. The van der Waals surface area contributed by atoms with Gasteiger partial charge in [0.15, 0.2) is 0 Å². The third-order valence-electron chi connectivity index (χ3n) is 4.55. The van der Waals surface area contributed by atoms with Crippen molar-refractivity contribution in [2.24, 2.45) is 5.92 Å². The zero-order valence-corrected chi connectivity index (χ0v) is 12.7. The predicted molar refractivity (Wildman–Crippen MR) is 83.7 cm³/mol. The van der Waals surface area contributed by atoms with Crippen LogP contribution in [0.3, 0.4) is 0 Å². The number of likely N-dealkylation sites (tertiary alicyclic amines) is 1. The monoisotopic (exact) mass is 290 g/mol. The van der Waals surface area contributed by atoms with Crippen LogP contribution in [0.15, 0.2) is 30.3 Å². The Hall–Kier alpha value is -1.000. The number of carbonyl (C=O) groups is 1. The Kier molecular flexibility index (Phi) is 4.32. The lowest BCUT2D eigenvalue weighted by molar-refractivity contribution is -0.133. The SMILES string of the molecule is C[C@H]1[C@@H](Cc2ccccc2)CCN1C(=O)[C@H]1CSCN1. The van der Waals surface area contributed by atoms with E-state index in [0.717, 1.165) is 31.0 Å². The van der Waals surface area contributed by atoms with Crippen LogP contribution < -0.4 is 5.32 Å². The summed E-state index contributed by atoms with van der Waals surface area (Å²) < 4.78 is 0. The van der Waals surface area contributed by atoms with Gasteiger partial charge in [-0.05, 0) is 31.2 Å². The molecule has 0 bridgehead atoms. The number of carbonyl (C=O) groups excluding carboxylic acids is 1. The molecule has 0 saturated carbocycles. The van der Waals surface area contributed by atoms with E-state index in [1.165, 1.54) is 5.56 Å². The van der Waals surface area contributed by atoms with E-state index in [1.807, 2.05) is 11.8 Å². The molecule has 2 aliphatic heterocycles. The second-order valence-corrected chi connectivity index (χ2v) is 6.81. The number of hydrogen-bond donors (Lipinski definition) is 1. The van der Waals surface area contributed by atoms with E-state index in [0.29, 0.717) is 17.9 Å². The summed E-state index contributed by atoms with van der Waals surface area (Å²) in [7, 11) is 0. The zero-order chi connectivity index (χ0) is 13.9. The van der Waals surface area contributed by atoms with Gasteiger partial charge >= 0.3 is 0 Å². The van der Waals surface area contributed by atoms with Gasteiger partial charge in [0.05, 0.1) is 6.04 Å². The molecule has 2 saturated heterocycles. The van der Waals surface area contributed by atoms with Gasteiger partial charge in [0.25, 0.3) is 0 Å². The highest BCUT2D eigenvalue weighted by atomic mass is 32.2. The normalized spacial score (nSPS) is 29.9. The Morgan fingerprint density at radius 3 is 2.90 bits per heavy atom. The second kappa shape index (κ2) is 6.19. The Bertz CT molecular complexity index is 459. The van der Waals surface area contributed by atoms with Gasteiger partial charge in [-0.1, -0.05) is 30.3 Å². The fourth-order valence-electron chi connectivity index (χ4n) is 3.26. The smallest absolute Gasteiger partial charge is 0.240 e. The maximum atomic E-state index is 12.5. The van der Waals surface area contributed by atoms with Crippen LogP contribution in [0.5, 0.6) is 0 Å². The summed E-state index contributed by atoms with van der Waals surface area (Å²) in [6, 6.07) is 11.0. The van der Waals surface area contributed by atoms with Crippen LogP contribution in [0, 0.1) is 5.92 Å². The minimum absolute atomic E-state index is 0.0397. The molecule has 0 aromatic heterocycles. The van der Waals surface area contributed by atoms with Crippen molar-refractivity contribution in [2.45, 2.75) is 31.8 Å². The Balaban J connectivity index is 1.61. The molecular formula is C16H22N2OS. The maximum absolute atomic E-state index is 12.5. The van der Waals surface area contributed by atoms with Crippen LogP contribution in [0.4, 0.5) is 0 Å². The number of benzene rings is 1. The van der Waals surface area contributed by atoms with Crippen molar-refractivity contribution < 1.29 is 4.79 Å². The lowest BCUT2D eigenvalue weighted by Gasteiger charge is -2.27. The van der Waals surface area contributed by atoms with Gasteiger partial charge in [0.1, 0.15) is 0 Å². The third kappa shape index (κ3) is 2.86. The molecule has 3 rings (SSSR count). The maximum Gasteiger partial charge on any atom is 0.240 e. The highest BCUT2D eigenvalue weighted by Gasteiger charge is 2.37. The second-order valence-electron chi connectivity index (χ2n) is 5.78. The number of nitrogens with zero attached hydrogens (tertiary/aromatic N) is 1. The summed E-state index contributed by atoms with van der Waals surface area (Å²) in [5.74, 6) is 2.73. The fourth-order valence-corrected chi connectivity index (χ4v) is 4.19. The van der Waals surface area contributed by atoms with Gasteiger partial charge in [0.2, 0.25) is 5.91 Å². The van der Waals surface area contributed by atoms with Gasteiger partial charge in [-0.2, -0.15) is 0 Å². The minimum atomic E-state index is 0.0397. The van der Waals surface area contributed by atoms with Gasteiger partial charge in [0, 0.05) is 24.2 Å². The van der Waals surface area contributed by atoms with E-state index in [2.05, 4.69) is 47.5 Å². The first kappa shape index (κ1) is 14.0. The summed E-state index contributed by atoms with van der Waals surface area (Å²) in [6.07, 6.45) is 2.21. The van der Waals surface area contributed by atoms with E-state index in [-0.39, 0.29) is 6.04 Å². The Morgan fingerprint density at radius 2 is 2.20 bits per heavy atom. The first-order valence-electron chi connectivity index (χ1n) is 7.41. The first-order chi connectivity index (χ1) is 9.75. The third-order valence-corrected chi connectivity index (χ3v) is 5.49. The number of hydrogen-bond acceptors (Lipinski definition) is 3. The standard InChI is InChI=1S/C16H22N2OS/c1-12-14(9-13-5-3-2-4-6-13)7-8-18(12)16(19)15-10-20-11-17-15/h2-6,12,14-15,17H,7-11H2,1H3/t12-,14+,15+/m0/s1. The van der Waals surface area contributed by atoms with Crippen LogP contribution in [0.1, 0.15) is 18.9 Å². The van der Waals surface area contributed by atoms with Crippen molar-refractivity contribution in [3.05, 3.63) is 35.9 Å². The molecule has 0 unspecified atom stereocenters. The fraction of sp³-hybridized carbons (Fsp3) is 0.562. The van der Waals surface area contributed by atoms with Crippen LogP contribution in [0.25, 0.3) is 0 Å². The van der Waals surface area contributed by atoms with E-state index in [4.69, 9.17) is 0 Å². The molecule has 1 aromatic carbocycles. The van der Waals surface area contributed by atoms with E-state index < -0.39 is 0 Å². The molecule has 2 aliphatic rings. The molecule has 0 spiro atoms. The van der Waals surface area contributed by atoms with Crippen molar-refractivity contribution >= 4 is 17.7 Å². The van der Waals surface area contributed by atoms with Crippen LogP contribution >= 0.6 is 11.8 Å².